The molecule has 3 aromatic heterocycles. The molecule has 0 radical (unpaired) electrons. The van der Waals surface area contributed by atoms with Crippen LogP contribution in [0.15, 0.2) is 43.4 Å². The molecule has 1 amide bonds. The van der Waals surface area contributed by atoms with Crippen LogP contribution in [-0.2, 0) is 10.2 Å². The van der Waals surface area contributed by atoms with Gasteiger partial charge in [0, 0.05) is 25.3 Å². The summed E-state index contributed by atoms with van der Waals surface area (Å²) in [7, 11) is 0. The fraction of sp³-hybridized carbons (Fsp3) is 0.414. The lowest BCUT2D eigenvalue weighted by atomic mass is 9.71. The van der Waals surface area contributed by atoms with Crippen LogP contribution < -0.4 is 5.32 Å². The highest BCUT2D eigenvalue weighted by molar-refractivity contribution is 6.04. The number of nitrogens with zero attached hydrogens (tertiary/aromatic N) is 6. The molecule has 5 rings (SSSR count). The predicted molar refractivity (Wildman–Crippen MR) is 145 cm³/mol. The van der Waals surface area contributed by atoms with E-state index >= 15 is 0 Å². The van der Waals surface area contributed by atoms with Crippen LogP contribution >= 0.6 is 0 Å². The number of morpholine rings is 1. The molecule has 202 valence electrons. The molecular formula is C29H32FN7O2. The summed E-state index contributed by atoms with van der Waals surface area (Å²) in [6.07, 6.45) is 7.89. The number of hydrogen-bond acceptors (Lipinski definition) is 7. The lowest BCUT2D eigenvalue weighted by Crippen LogP contribution is -2.47. The maximum atomic E-state index is 14.7. The number of carbonyl (C=O) groups excluding carboxylic acids is 1. The molecule has 10 heteroatoms. The molecule has 39 heavy (non-hydrogen) atoms. The molecule has 0 bridgehead atoms. The first-order chi connectivity index (χ1) is 18.8. The van der Waals surface area contributed by atoms with Crippen LogP contribution in [0.2, 0.25) is 0 Å². The zero-order chi connectivity index (χ0) is 27.6. The molecule has 4 heterocycles. The third kappa shape index (κ3) is 5.33. The first-order valence-electron chi connectivity index (χ1n) is 13.2. The van der Waals surface area contributed by atoms with Crippen molar-refractivity contribution in [2.24, 2.45) is 0 Å². The topological polar surface area (TPSA) is 109 Å². The number of anilines is 1. The standard InChI is InChI=1S/C29H32FN7O2/c1-19(2)21-14-25(30)27(33-15-21)37-20(3)24(17-34-37)28(38)35-22-4-5-26(32-16-22)29(18-31)8-6-23(7-9-29)36-10-12-39-13-11-36/h4-5,14-17,23H,1,6-13H2,2-3H3,(H,35,38)/t23-,29-. The van der Waals surface area contributed by atoms with Gasteiger partial charge in [0.05, 0.1) is 59.7 Å². The van der Waals surface area contributed by atoms with E-state index < -0.39 is 17.1 Å². The van der Waals surface area contributed by atoms with E-state index in [-0.39, 0.29) is 5.82 Å². The smallest absolute Gasteiger partial charge is 0.259 e. The molecule has 0 unspecified atom stereocenters. The number of rotatable bonds is 6. The van der Waals surface area contributed by atoms with Gasteiger partial charge < -0.3 is 10.1 Å². The van der Waals surface area contributed by atoms with Crippen molar-refractivity contribution in [2.75, 3.05) is 31.6 Å². The number of pyridine rings is 2. The summed E-state index contributed by atoms with van der Waals surface area (Å²) in [6.45, 7) is 10.7. The second-order valence-corrected chi connectivity index (χ2v) is 10.3. The predicted octanol–water partition coefficient (Wildman–Crippen LogP) is 4.43. The van der Waals surface area contributed by atoms with Gasteiger partial charge in [-0.3, -0.25) is 14.7 Å². The maximum Gasteiger partial charge on any atom is 0.259 e. The molecule has 1 N–H and O–H groups in total. The molecule has 0 aromatic carbocycles. The number of carbonyl (C=O) groups is 1. The van der Waals surface area contributed by atoms with Gasteiger partial charge >= 0.3 is 0 Å². The Morgan fingerprint density at radius 3 is 2.56 bits per heavy atom. The van der Waals surface area contributed by atoms with E-state index in [2.05, 4.69) is 37.9 Å². The van der Waals surface area contributed by atoms with Gasteiger partial charge in [0.25, 0.3) is 5.91 Å². The second kappa shape index (κ2) is 11.0. The van der Waals surface area contributed by atoms with Crippen LogP contribution in [0.4, 0.5) is 10.1 Å². The fourth-order valence-electron chi connectivity index (χ4n) is 5.44. The molecule has 1 aliphatic carbocycles. The van der Waals surface area contributed by atoms with Gasteiger partial charge in [-0.2, -0.15) is 10.4 Å². The van der Waals surface area contributed by atoms with Gasteiger partial charge in [-0.15, -0.1) is 0 Å². The number of halogens is 1. The van der Waals surface area contributed by atoms with Gasteiger partial charge in [-0.1, -0.05) is 6.58 Å². The molecule has 3 aromatic rings. The lowest BCUT2D eigenvalue weighted by Gasteiger charge is -2.41. The highest BCUT2D eigenvalue weighted by atomic mass is 19.1. The minimum Gasteiger partial charge on any atom is -0.379 e. The van der Waals surface area contributed by atoms with Crippen LogP contribution in [-0.4, -0.2) is 62.9 Å². The highest BCUT2D eigenvalue weighted by Gasteiger charge is 2.40. The molecule has 2 fully saturated rings. The van der Waals surface area contributed by atoms with Crippen LogP contribution in [0, 0.1) is 24.1 Å². The van der Waals surface area contributed by atoms with Gasteiger partial charge in [0.2, 0.25) is 0 Å². The summed E-state index contributed by atoms with van der Waals surface area (Å²) in [6, 6.07) is 7.96. The van der Waals surface area contributed by atoms with E-state index in [9.17, 15) is 14.4 Å². The van der Waals surface area contributed by atoms with E-state index in [4.69, 9.17) is 4.74 Å². The summed E-state index contributed by atoms with van der Waals surface area (Å²) in [5, 5.41) is 17.1. The summed E-state index contributed by atoms with van der Waals surface area (Å²) >= 11 is 0. The summed E-state index contributed by atoms with van der Waals surface area (Å²) in [4.78, 5) is 24.2. The Labute approximate surface area is 227 Å². The minimum absolute atomic E-state index is 0.00714. The quantitative estimate of drug-likeness (QED) is 0.503. The van der Waals surface area contributed by atoms with Crippen molar-refractivity contribution in [3.05, 3.63) is 71.7 Å². The number of allylic oxidation sites excluding steroid dienone is 1. The Bertz CT molecular complexity index is 1410. The summed E-state index contributed by atoms with van der Waals surface area (Å²) in [5.41, 5.74) is 2.64. The van der Waals surface area contributed by atoms with Gasteiger partial charge in [-0.25, -0.2) is 14.1 Å². The molecule has 0 atom stereocenters. The van der Waals surface area contributed by atoms with Gasteiger partial charge in [-0.05, 0) is 68.9 Å². The SMILES string of the molecule is C=C(C)c1cnc(-n2ncc(C(=O)Nc3ccc([C@]4(C#N)CC[C@@H](N5CCOCC5)CC4)nc3)c2C)c(F)c1. The van der Waals surface area contributed by atoms with E-state index in [1.54, 1.807) is 26.1 Å². The van der Waals surface area contributed by atoms with Crippen LogP contribution in [0.3, 0.4) is 0 Å². The normalized spacial score (nSPS) is 21.7. The molecule has 1 saturated carbocycles. The Morgan fingerprint density at radius 1 is 1.21 bits per heavy atom. The highest BCUT2D eigenvalue weighted by Crippen LogP contribution is 2.40. The van der Waals surface area contributed by atoms with E-state index in [1.165, 1.54) is 23.1 Å². The zero-order valence-corrected chi connectivity index (χ0v) is 22.3. The van der Waals surface area contributed by atoms with Crippen LogP contribution in [0.5, 0.6) is 0 Å². The number of ether oxygens (including phenoxy) is 1. The Balaban J connectivity index is 1.26. The number of nitriles is 1. The molecule has 2 aliphatic rings. The first kappa shape index (κ1) is 26.7. The average Bonchev–Trinajstić information content (AvgIpc) is 3.34. The number of aromatic nitrogens is 4. The molecule has 9 nitrogen and oxygen atoms in total. The number of amides is 1. The number of nitrogens with one attached hydrogen (secondary N) is 1. The van der Waals surface area contributed by atoms with Gasteiger partial charge in [0.1, 0.15) is 0 Å². The van der Waals surface area contributed by atoms with Crippen molar-refractivity contribution < 1.29 is 13.9 Å². The monoisotopic (exact) mass is 529 g/mol. The molecule has 1 saturated heterocycles. The van der Waals surface area contributed by atoms with Crippen molar-refractivity contribution in [1.82, 2.24) is 24.6 Å². The Hall–Kier alpha value is -3.94. The first-order valence-corrected chi connectivity index (χ1v) is 13.2. The van der Waals surface area contributed by atoms with E-state index in [1.807, 2.05) is 6.07 Å². The van der Waals surface area contributed by atoms with Crippen LogP contribution in [0.1, 0.15) is 59.9 Å². The van der Waals surface area contributed by atoms with Crippen molar-refractivity contribution in [3.63, 3.8) is 0 Å². The largest absolute Gasteiger partial charge is 0.379 e. The third-order valence-electron chi connectivity index (χ3n) is 7.87. The zero-order valence-electron chi connectivity index (χ0n) is 22.3. The molecular weight excluding hydrogens is 497 g/mol. The maximum absolute atomic E-state index is 14.7. The third-order valence-corrected chi connectivity index (χ3v) is 7.87. The summed E-state index contributed by atoms with van der Waals surface area (Å²) in [5.74, 6) is -0.945. The van der Waals surface area contributed by atoms with E-state index in [0.29, 0.717) is 34.1 Å². The number of hydrogen-bond donors (Lipinski definition) is 1. The Morgan fingerprint density at radius 2 is 1.95 bits per heavy atom. The lowest BCUT2D eigenvalue weighted by molar-refractivity contribution is 0.00493. The summed E-state index contributed by atoms with van der Waals surface area (Å²) < 4.78 is 21.5. The molecule has 0 spiro atoms. The average molecular weight is 530 g/mol. The van der Waals surface area contributed by atoms with E-state index in [0.717, 1.165) is 57.7 Å². The van der Waals surface area contributed by atoms with Crippen molar-refractivity contribution >= 4 is 17.2 Å². The minimum atomic E-state index is -0.625. The van der Waals surface area contributed by atoms with Crippen LogP contribution in [0.25, 0.3) is 11.4 Å². The second-order valence-electron chi connectivity index (χ2n) is 10.3. The van der Waals surface area contributed by atoms with Crippen molar-refractivity contribution in [2.45, 2.75) is 51.0 Å². The van der Waals surface area contributed by atoms with Crippen molar-refractivity contribution in [3.8, 4) is 11.9 Å². The van der Waals surface area contributed by atoms with Gasteiger partial charge in [0.15, 0.2) is 11.6 Å². The van der Waals surface area contributed by atoms with Crippen molar-refractivity contribution in [1.29, 1.82) is 5.26 Å². The Kier molecular flexibility index (Phi) is 7.55. The molecule has 1 aliphatic heterocycles. The fourth-order valence-corrected chi connectivity index (χ4v) is 5.44.